The van der Waals surface area contributed by atoms with Gasteiger partial charge in [0.15, 0.2) is 10.8 Å². The summed E-state index contributed by atoms with van der Waals surface area (Å²) in [7, 11) is 0. The molecule has 2 N–H and O–H groups in total. The molecule has 12 nitrogen and oxygen atoms in total. The van der Waals surface area contributed by atoms with Crippen LogP contribution in [0.3, 0.4) is 0 Å². The third-order valence-corrected chi connectivity index (χ3v) is 12.4. The molecule has 16 heteroatoms. The van der Waals surface area contributed by atoms with E-state index < -0.39 is 28.9 Å². The van der Waals surface area contributed by atoms with Crippen LogP contribution in [0, 0.1) is 17.2 Å². The van der Waals surface area contributed by atoms with Crippen LogP contribution < -0.4 is 15.5 Å². The number of hydrogen-bond acceptors (Lipinski definition) is 9. The van der Waals surface area contributed by atoms with Crippen molar-refractivity contribution < 1.29 is 37.1 Å². The number of nitrogens with zero attached hydrogens (tertiary/aromatic N) is 5. The maximum Gasteiger partial charge on any atom is 0.419 e. The van der Waals surface area contributed by atoms with E-state index in [4.69, 9.17) is 22.2 Å². The minimum Gasteiger partial charge on any atom is -0.378 e. The lowest BCUT2D eigenvalue weighted by Crippen LogP contribution is -2.51. The van der Waals surface area contributed by atoms with Gasteiger partial charge in [0.25, 0.3) is 5.91 Å². The highest BCUT2D eigenvalue weighted by Crippen LogP contribution is 2.41. The molecule has 1 aromatic carbocycles. The van der Waals surface area contributed by atoms with Crippen molar-refractivity contribution >= 4 is 52.3 Å². The lowest BCUT2D eigenvalue weighted by molar-refractivity contribution is -0.138. The predicted octanol–water partition coefficient (Wildman–Crippen LogP) is 6.44. The van der Waals surface area contributed by atoms with Crippen molar-refractivity contribution in [3.8, 4) is 6.07 Å². The molecular formula is C41H50F3N7O5S. The number of imide groups is 1. The quantitative estimate of drug-likeness (QED) is 0.148. The van der Waals surface area contributed by atoms with Gasteiger partial charge in [0.05, 0.1) is 36.0 Å². The Morgan fingerprint density at radius 2 is 1.74 bits per heavy atom. The Morgan fingerprint density at radius 1 is 1.07 bits per heavy atom. The molecule has 1 aliphatic carbocycles. The van der Waals surface area contributed by atoms with Gasteiger partial charge in [0, 0.05) is 36.8 Å². The van der Waals surface area contributed by atoms with Crippen LogP contribution in [0.2, 0.25) is 0 Å². The third kappa shape index (κ3) is 9.31. The molecule has 0 radical (unpaired) electrons. The summed E-state index contributed by atoms with van der Waals surface area (Å²) in [5.74, 6) is -0.975. The third-order valence-electron chi connectivity index (χ3n) is 12.1. The van der Waals surface area contributed by atoms with Crippen LogP contribution in [-0.4, -0.2) is 86.4 Å². The van der Waals surface area contributed by atoms with E-state index in [-0.39, 0.29) is 65.2 Å². The minimum atomic E-state index is -4.81. The van der Waals surface area contributed by atoms with Crippen molar-refractivity contribution in [2.24, 2.45) is 5.92 Å². The fourth-order valence-electron chi connectivity index (χ4n) is 9.03. The first-order valence-electron chi connectivity index (χ1n) is 19.7. The number of carbonyl (C=O) groups excluding carboxylic acids is 4. The number of anilines is 2. The van der Waals surface area contributed by atoms with Gasteiger partial charge in [-0.25, -0.2) is 4.98 Å². The topological polar surface area (TPSA) is 148 Å². The van der Waals surface area contributed by atoms with Gasteiger partial charge in [-0.05, 0) is 127 Å². The first-order chi connectivity index (χ1) is 27.0. The van der Waals surface area contributed by atoms with Crippen LogP contribution >= 0.6 is 12.2 Å². The Balaban J connectivity index is 0.918. The molecule has 4 heterocycles. The second kappa shape index (κ2) is 17.2. The molecule has 1 aromatic heterocycles. The fraction of sp³-hybridized carbons (Fsp3) is 0.585. The highest BCUT2D eigenvalue weighted by atomic mass is 32.1. The monoisotopic (exact) mass is 809 g/mol. The number of rotatable bonds is 11. The van der Waals surface area contributed by atoms with Crippen molar-refractivity contribution in [2.45, 2.75) is 134 Å². The zero-order valence-corrected chi connectivity index (χ0v) is 33.5. The molecule has 6 rings (SSSR count). The Kier molecular flexibility index (Phi) is 12.7. The van der Waals surface area contributed by atoms with Gasteiger partial charge < -0.3 is 15.0 Å². The van der Waals surface area contributed by atoms with Gasteiger partial charge >= 0.3 is 6.18 Å². The molecule has 306 valence electrons. The summed E-state index contributed by atoms with van der Waals surface area (Å²) in [4.78, 5) is 59.2. The molecule has 0 spiro atoms. The Bertz CT molecular complexity index is 1900. The molecule has 4 fully saturated rings. The summed E-state index contributed by atoms with van der Waals surface area (Å²) in [6.45, 7) is 8.61. The van der Waals surface area contributed by atoms with Gasteiger partial charge in [-0.15, -0.1) is 0 Å². The summed E-state index contributed by atoms with van der Waals surface area (Å²) in [5, 5.41) is 14.7. The highest BCUT2D eigenvalue weighted by molar-refractivity contribution is 7.80. The molecule has 0 bridgehead atoms. The van der Waals surface area contributed by atoms with Crippen LogP contribution in [0.25, 0.3) is 0 Å². The molecule has 4 aliphatic rings. The number of ether oxygens (including phenoxy) is 1. The van der Waals surface area contributed by atoms with Crippen molar-refractivity contribution in [1.29, 1.82) is 5.26 Å². The molecule has 3 saturated heterocycles. The Hall–Kier alpha value is -4.46. The van der Waals surface area contributed by atoms with Gasteiger partial charge in [-0.3, -0.25) is 34.3 Å². The SMILES string of the molecule is C[C@@H]1CC(OCCC[C@H]2CC[C@H](N3C(=S)N(c4cnc(C#N)c(C(F)(F)F)c4)C(=O)C3(C)C)CC2)C[C@H](C)N1CC(=O)Nc1ccc(C2CCC(=O)NC2=O)cc1. The van der Waals surface area contributed by atoms with Gasteiger partial charge in [0.2, 0.25) is 17.7 Å². The number of carbonyl (C=O) groups is 4. The smallest absolute Gasteiger partial charge is 0.378 e. The molecule has 2 aromatic rings. The van der Waals surface area contributed by atoms with Crippen LogP contribution in [0.15, 0.2) is 36.5 Å². The molecule has 2 unspecified atom stereocenters. The second-order valence-corrected chi connectivity index (χ2v) is 16.7. The summed E-state index contributed by atoms with van der Waals surface area (Å²) in [5.41, 5.74) is -1.67. The fourth-order valence-corrected chi connectivity index (χ4v) is 9.60. The Labute approximate surface area is 336 Å². The maximum atomic E-state index is 13.7. The van der Waals surface area contributed by atoms with Crippen molar-refractivity contribution in [3.05, 3.63) is 53.3 Å². The number of halogens is 3. The number of benzene rings is 1. The second-order valence-electron chi connectivity index (χ2n) is 16.4. The lowest BCUT2D eigenvalue weighted by Gasteiger charge is -2.42. The molecule has 57 heavy (non-hydrogen) atoms. The van der Waals surface area contributed by atoms with E-state index >= 15 is 0 Å². The van der Waals surface area contributed by atoms with E-state index in [9.17, 15) is 32.3 Å². The van der Waals surface area contributed by atoms with E-state index in [0.29, 0.717) is 31.1 Å². The molecule has 4 atom stereocenters. The predicted molar refractivity (Wildman–Crippen MR) is 210 cm³/mol. The number of nitrogens with one attached hydrogen (secondary N) is 2. The van der Waals surface area contributed by atoms with Crippen LogP contribution in [0.1, 0.15) is 115 Å². The number of amides is 4. The number of hydrogen-bond donors (Lipinski definition) is 2. The summed E-state index contributed by atoms with van der Waals surface area (Å²) in [6, 6.07) is 9.71. The lowest BCUT2D eigenvalue weighted by atomic mass is 9.82. The zero-order valence-electron chi connectivity index (χ0n) is 32.7. The molecular weight excluding hydrogens is 760 g/mol. The first-order valence-corrected chi connectivity index (χ1v) is 20.1. The minimum absolute atomic E-state index is 0.0387. The van der Waals surface area contributed by atoms with Crippen LogP contribution in [-0.2, 0) is 30.1 Å². The van der Waals surface area contributed by atoms with Gasteiger partial charge in [0.1, 0.15) is 11.6 Å². The van der Waals surface area contributed by atoms with E-state index in [1.165, 1.54) is 6.07 Å². The molecule has 3 aliphatic heterocycles. The Morgan fingerprint density at radius 3 is 2.35 bits per heavy atom. The van der Waals surface area contributed by atoms with Crippen LogP contribution in [0.5, 0.6) is 0 Å². The standard InChI is InChI=1S/C41H50F3N7O5S/c1-24-18-31(19-25(2)49(24)23-36(53)47-28-11-9-27(10-12-28)32-15-16-35(52)48-37(32)54)56-17-5-6-26-7-13-29(14-8-26)51-39(57)50(38(55)40(51,3)4)30-20-33(41(42,43)44)34(21-45)46-22-30/h9-12,20,22,24-26,29,31-32H,5-8,13-19,23H2,1-4H3,(H,47,53)(H,48,52,54)/t24-,25+,26-,29-,31?,32?. The number of thiocarbonyl (C=S) groups is 1. The van der Waals surface area contributed by atoms with E-state index in [1.807, 2.05) is 17.0 Å². The van der Waals surface area contributed by atoms with E-state index in [2.05, 4.69) is 34.4 Å². The number of pyridine rings is 1. The average Bonchev–Trinajstić information content (AvgIpc) is 3.33. The first kappa shape index (κ1) is 42.2. The number of likely N-dealkylation sites (tertiary alicyclic amines) is 1. The normalized spacial score (nSPS) is 27.0. The van der Waals surface area contributed by atoms with Crippen LogP contribution in [0.4, 0.5) is 24.5 Å². The number of alkyl halides is 3. The largest absolute Gasteiger partial charge is 0.419 e. The number of nitriles is 1. The van der Waals surface area contributed by atoms with Crippen molar-refractivity contribution in [1.82, 2.24) is 20.1 Å². The summed E-state index contributed by atoms with van der Waals surface area (Å²) < 4.78 is 47.4. The highest BCUT2D eigenvalue weighted by Gasteiger charge is 2.53. The molecule has 1 saturated carbocycles. The van der Waals surface area contributed by atoms with Gasteiger partial charge in [-0.2, -0.15) is 18.4 Å². The summed E-state index contributed by atoms with van der Waals surface area (Å²) in [6.07, 6.45) is 4.17. The molecule has 4 amide bonds. The number of piperidine rings is 2. The average molecular weight is 810 g/mol. The maximum absolute atomic E-state index is 13.7. The summed E-state index contributed by atoms with van der Waals surface area (Å²) >= 11 is 5.72. The zero-order chi connectivity index (χ0) is 41.2. The van der Waals surface area contributed by atoms with Gasteiger partial charge in [-0.1, -0.05) is 12.1 Å². The van der Waals surface area contributed by atoms with E-state index in [1.54, 1.807) is 26.0 Å². The van der Waals surface area contributed by atoms with Crippen molar-refractivity contribution in [3.63, 3.8) is 0 Å². The number of aromatic nitrogens is 1. The van der Waals surface area contributed by atoms with E-state index in [0.717, 1.165) is 74.1 Å². The van der Waals surface area contributed by atoms with Crippen molar-refractivity contribution in [2.75, 3.05) is 23.4 Å².